The first kappa shape index (κ1) is 18.0. The van der Waals surface area contributed by atoms with Crippen LogP contribution in [0.4, 0.5) is 27.5 Å². The molecular weight excluding hydrogens is 342 g/mol. The van der Waals surface area contributed by atoms with E-state index in [0.29, 0.717) is 11.3 Å². The number of esters is 1. The van der Waals surface area contributed by atoms with E-state index in [1.54, 1.807) is 36.4 Å². The number of hydrogen-bond donors (Lipinski definition) is 3. The van der Waals surface area contributed by atoms with Crippen molar-refractivity contribution in [2.75, 3.05) is 23.1 Å². The average molecular weight is 361 g/mol. The third-order valence-electron chi connectivity index (χ3n) is 3.77. The number of methoxy groups -OCH3 is 1. The van der Waals surface area contributed by atoms with Gasteiger partial charge in [-0.05, 0) is 60.7 Å². The highest BCUT2D eigenvalue weighted by Crippen LogP contribution is 2.20. The summed E-state index contributed by atoms with van der Waals surface area (Å²) in [4.78, 5) is 23.4. The molecule has 3 rings (SSSR count). The molecule has 0 radical (unpaired) electrons. The van der Waals surface area contributed by atoms with Gasteiger partial charge in [0.05, 0.1) is 12.7 Å². The lowest BCUT2D eigenvalue weighted by Gasteiger charge is -2.10. The molecule has 6 nitrogen and oxygen atoms in total. The fourth-order valence-electron chi connectivity index (χ4n) is 2.43. The number of amides is 2. The van der Waals surface area contributed by atoms with Crippen molar-refractivity contribution in [3.63, 3.8) is 0 Å². The Bertz CT molecular complexity index is 908. The molecule has 0 aliphatic rings. The molecule has 27 heavy (non-hydrogen) atoms. The summed E-state index contributed by atoms with van der Waals surface area (Å²) >= 11 is 0. The van der Waals surface area contributed by atoms with Crippen molar-refractivity contribution in [1.82, 2.24) is 0 Å². The van der Waals surface area contributed by atoms with Crippen LogP contribution in [0, 0.1) is 0 Å². The summed E-state index contributed by atoms with van der Waals surface area (Å²) in [6, 6.07) is 23.2. The lowest BCUT2D eigenvalue weighted by Crippen LogP contribution is -2.19. The Balaban J connectivity index is 1.57. The molecule has 0 saturated heterocycles. The van der Waals surface area contributed by atoms with Crippen LogP contribution < -0.4 is 16.0 Å². The van der Waals surface area contributed by atoms with Crippen molar-refractivity contribution in [3.8, 4) is 0 Å². The van der Waals surface area contributed by atoms with E-state index in [1.165, 1.54) is 7.11 Å². The summed E-state index contributed by atoms with van der Waals surface area (Å²) in [6.07, 6.45) is 0. The highest BCUT2D eigenvalue weighted by atomic mass is 16.5. The number of nitrogens with one attached hydrogen (secondary N) is 3. The summed E-state index contributed by atoms with van der Waals surface area (Å²) in [5.74, 6) is -0.370. The number of benzene rings is 3. The Morgan fingerprint density at radius 3 is 1.70 bits per heavy atom. The highest BCUT2D eigenvalue weighted by Gasteiger charge is 2.05. The molecule has 3 aromatic carbocycles. The number of urea groups is 1. The van der Waals surface area contributed by atoms with Gasteiger partial charge in [0.1, 0.15) is 0 Å². The molecule has 136 valence electrons. The van der Waals surface area contributed by atoms with Gasteiger partial charge in [0.15, 0.2) is 0 Å². The quantitative estimate of drug-likeness (QED) is 0.567. The molecule has 3 aromatic rings. The van der Waals surface area contributed by atoms with E-state index in [1.807, 2.05) is 42.5 Å². The Kier molecular flexibility index (Phi) is 5.69. The van der Waals surface area contributed by atoms with Gasteiger partial charge in [-0.1, -0.05) is 18.2 Å². The van der Waals surface area contributed by atoms with Gasteiger partial charge in [0.25, 0.3) is 0 Å². The van der Waals surface area contributed by atoms with E-state index >= 15 is 0 Å². The number of para-hydroxylation sites is 1. The van der Waals surface area contributed by atoms with Crippen LogP contribution in [-0.4, -0.2) is 19.1 Å². The number of hydrogen-bond acceptors (Lipinski definition) is 4. The van der Waals surface area contributed by atoms with E-state index in [2.05, 4.69) is 20.7 Å². The molecule has 0 saturated carbocycles. The van der Waals surface area contributed by atoms with Gasteiger partial charge in [0.2, 0.25) is 0 Å². The lowest BCUT2D eigenvalue weighted by molar-refractivity contribution is 0.0600. The zero-order valence-corrected chi connectivity index (χ0v) is 14.7. The number of carbonyl (C=O) groups excluding carboxylic acids is 2. The number of anilines is 4. The fraction of sp³-hybridized carbons (Fsp3) is 0.0476. The van der Waals surface area contributed by atoms with Crippen LogP contribution in [0.25, 0.3) is 0 Å². The third kappa shape index (κ3) is 5.09. The molecule has 0 spiro atoms. The normalized spacial score (nSPS) is 9.96. The first-order chi connectivity index (χ1) is 13.1. The SMILES string of the molecule is COC(=O)c1ccc(Nc2ccc(NC(=O)Nc3ccccc3)cc2)cc1. The Morgan fingerprint density at radius 1 is 0.667 bits per heavy atom. The maximum Gasteiger partial charge on any atom is 0.337 e. The summed E-state index contributed by atoms with van der Waals surface area (Å²) in [6.45, 7) is 0. The molecular formula is C21H19N3O3. The molecule has 0 atom stereocenters. The van der Waals surface area contributed by atoms with E-state index < -0.39 is 0 Å². The predicted octanol–water partition coefficient (Wildman–Crippen LogP) is 4.86. The van der Waals surface area contributed by atoms with Crippen molar-refractivity contribution in [3.05, 3.63) is 84.4 Å². The molecule has 0 bridgehead atoms. The van der Waals surface area contributed by atoms with Gasteiger partial charge >= 0.3 is 12.0 Å². The lowest BCUT2D eigenvalue weighted by atomic mass is 10.2. The summed E-state index contributed by atoms with van der Waals surface area (Å²) in [7, 11) is 1.35. The van der Waals surface area contributed by atoms with Crippen molar-refractivity contribution >= 4 is 34.7 Å². The van der Waals surface area contributed by atoms with Crippen LogP contribution in [0.3, 0.4) is 0 Å². The average Bonchev–Trinajstić information content (AvgIpc) is 2.70. The van der Waals surface area contributed by atoms with Crippen LogP contribution in [-0.2, 0) is 4.74 Å². The van der Waals surface area contributed by atoms with Crippen molar-refractivity contribution < 1.29 is 14.3 Å². The van der Waals surface area contributed by atoms with Crippen LogP contribution in [0.5, 0.6) is 0 Å². The maximum absolute atomic E-state index is 12.0. The van der Waals surface area contributed by atoms with Crippen LogP contribution in [0.2, 0.25) is 0 Å². The van der Waals surface area contributed by atoms with Crippen molar-refractivity contribution in [2.45, 2.75) is 0 Å². The molecule has 6 heteroatoms. The first-order valence-electron chi connectivity index (χ1n) is 8.32. The number of ether oxygens (including phenoxy) is 1. The third-order valence-corrected chi connectivity index (χ3v) is 3.77. The zero-order valence-electron chi connectivity index (χ0n) is 14.7. The standard InChI is InChI=1S/C21H19N3O3/c1-27-20(25)15-7-9-17(10-8-15)22-18-11-13-19(14-12-18)24-21(26)23-16-5-3-2-4-6-16/h2-14,22H,1H3,(H2,23,24,26). The topological polar surface area (TPSA) is 79.5 Å². The van der Waals surface area contributed by atoms with E-state index in [0.717, 1.165) is 17.1 Å². The van der Waals surface area contributed by atoms with Crippen molar-refractivity contribution in [2.24, 2.45) is 0 Å². The second-order valence-electron chi connectivity index (χ2n) is 5.72. The van der Waals surface area contributed by atoms with Gasteiger partial charge in [-0.25, -0.2) is 9.59 Å². The maximum atomic E-state index is 12.0. The number of rotatable bonds is 5. The fourth-order valence-corrected chi connectivity index (χ4v) is 2.43. The summed E-state index contributed by atoms with van der Waals surface area (Å²) < 4.78 is 4.68. The van der Waals surface area contributed by atoms with Gasteiger partial charge < -0.3 is 20.7 Å². The predicted molar refractivity (Wildman–Crippen MR) is 107 cm³/mol. The van der Waals surface area contributed by atoms with E-state index in [-0.39, 0.29) is 12.0 Å². The molecule has 0 heterocycles. The van der Waals surface area contributed by atoms with Crippen molar-refractivity contribution in [1.29, 1.82) is 0 Å². The second-order valence-corrected chi connectivity index (χ2v) is 5.72. The Morgan fingerprint density at radius 2 is 1.15 bits per heavy atom. The van der Waals surface area contributed by atoms with Crippen LogP contribution in [0.15, 0.2) is 78.9 Å². The summed E-state index contributed by atoms with van der Waals surface area (Å²) in [5.41, 5.74) is 3.59. The molecule has 3 N–H and O–H groups in total. The number of carbonyl (C=O) groups is 2. The molecule has 0 unspecified atom stereocenters. The van der Waals surface area contributed by atoms with Gasteiger partial charge in [0, 0.05) is 22.7 Å². The van der Waals surface area contributed by atoms with E-state index in [9.17, 15) is 9.59 Å². The molecule has 0 aliphatic heterocycles. The molecule has 0 aliphatic carbocycles. The Hall–Kier alpha value is -3.80. The van der Waals surface area contributed by atoms with Crippen LogP contribution >= 0.6 is 0 Å². The van der Waals surface area contributed by atoms with Gasteiger partial charge in [-0.15, -0.1) is 0 Å². The van der Waals surface area contributed by atoms with Crippen LogP contribution in [0.1, 0.15) is 10.4 Å². The van der Waals surface area contributed by atoms with Gasteiger partial charge in [-0.3, -0.25) is 0 Å². The molecule has 2 amide bonds. The Labute approximate surface area is 157 Å². The van der Waals surface area contributed by atoms with Gasteiger partial charge in [-0.2, -0.15) is 0 Å². The largest absolute Gasteiger partial charge is 0.465 e. The minimum Gasteiger partial charge on any atom is -0.465 e. The molecule has 0 fully saturated rings. The van der Waals surface area contributed by atoms with E-state index in [4.69, 9.17) is 0 Å². The summed E-state index contributed by atoms with van der Waals surface area (Å²) in [5, 5.41) is 8.77. The minimum atomic E-state index is -0.370. The second kappa shape index (κ2) is 8.53. The minimum absolute atomic E-state index is 0.305. The highest BCUT2D eigenvalue weighted by molar-refractivity contribution is 5.99. The molecule has 0 aromatic heterocycles. The smallest absolute Gasteiger partial charge is 0.337 e. The zero-order chi connectivity index (χ0) is 19.1. The monoisotopic (exact) mass is 361 g/mol. The first-order valence-corrected chi connectivity index (χ1v) is 8.32.